The van der Waals surface area contributed by atoms with E-state index in [1.807, 2.05) is 37.3 Å². The van der Waals surface area contributed by atoms with Crippen LogP contribution in [0.4, 0.5) is 0 Å². The standard InChI is InChI=1S/C18H19N5O3/c1-11-8-16(24)22(18(11)25)10-12(2)17-19-14-9-15(20-23(14)21-17)26-13-6-4-3-5-7-13/h3-9,12,24-25H,10H2,1-2H3,(H,19,21). The van der Waals surface area contributed by atoms with E-state index in [0.29, 0.717) is 35.2 Å². The molecule has 26 heavy (non-hydrogen) atoms. The summed E-state index contributed by atoms with van der Waals surface area (Å²) in [5, 5.41) is 27.4. The van der Waals surface area contributed by atoms with E-state index in [2.05, 4.69) is 15.2 Å². The van der Waals surface area contributed by atoms with Crippen molar-refractivity contribution in [3.63, 3.8) is 0 Å². The van der Waals surface area contributed by atoms with Crippen LogP contribution in [0.25, 0.3) is 5.65 Å². The van der Waals surface area contributed by atoms with Crippen molar-refractivity contribution in [3.8, 4) is 23.4 Å². The van der Waals surface area contributed by atoms with Gasteiger partial charge in [-0.05, 0) is 19.1 Å². The normalized spacial score (nSPS) is 12.5. The molecule has 3 aromatic heterocycles. The molecule has 0 amide bonds. The van der Waals surface area contributed by atoms with Crippen LogP contribution in [0.2, 0.25) is 0 Å². The van der Waals surface area contributed by atoms with E-state index in [1.54, 1.807) is 17.6 Å². The van der Waals surface area contributed by atoms with Crippen molar-refractivity contribution in [1.82, 2.24) is 24.4 Å². The summed E-state index contributed by atoms with van der Waals surface area (Å²) in [5.74, 6) is 1.87. The van der Waals surface area contributed by atoms with Crippen molar-refractivity contribution < 1.29 is 14.9 Å². The molecule has 1 unspecified atom stereocenters. The van der Waals surface area contributed by atoms with Gasteiger partial charge in [-0.3, -0.25) is 9.67 Å². The summed E-state index contributed by atoms with van der Waals surface area (Å²) >= 11 is 0. The van der Waals surface area contributed by atoms with E-state index in [0.717, 1.165) is 0 Å². The maximum atomic E-state index is 10.0. The van der Waals surface area contributed by atoms with Gasteiger partial charge in [-0.25, -0.2) is 4.98 Å². The van der Waals surface area contributed by atoms with Crippen LogP contribution in [0.15, 0.2) is 42.5 Å². The number of nitrogens with one attached hydrogen (secondary N) is 1. The lowest BCUT2D eigenvalue weighted by Gasteiger charge is -2.11. The molecule has 0 radical (unpaired) electrons. The summed E-state index contributed by atoms with van der Waals surface area (Å²) in [7, 11) is 0. The first-order valence-electron chi connectivity index (χ1n) is 8.28. The van der Waals surface area contributed by atoms with E-state index in [4.69, 9.17) is 4.74 Å². The second-order valence-electron chi connectivity index (χ2n) is 6.30. The lowest BCUT2D eigenvalue weighted by atomic mass is 10.1. The fraction of sp³-hybridized carbons (Fsp3) is 0.222. The van der Waals surface area contributed by atoms with Crippen LogP contribution >= 0.6 is 0 Å². The number of para-hydroxylation sites is 1. The van der Waals surface area contributed by atoms with Gasteiger partial charge in [0.05, 0.1) is 0 Å². The quantitative estimate of drug-likeness (QED) is 0.512. The molecule has 0 saturated carbocycles. The molecule has 0 saturated heterocycles. The molecular weight excluding hydrogens is 334 g/mol. The third-order valence-corrected chi connectivity index (χ3v) is 4.24. The molecule has 0 spiro atoms. The van der Waals surface area contributed by atoms with E-state index in [9.17, 15) is 10.2 Å². The van der Waals surface area contributed by atoms with Gasteiger partial charge in [0, 0.05) is 30.2 Å². The molecular formula is C18H19N5O3. The number of nitrogens with zero attached hydrogens (tertiary/aromatic N) is 4. The van der Waals surface area contributed by atoms with Crippen molar-refractivity contribution in [1.29, 1.82) is 0 Å². The third-order valence-electron chi connectivity index (χ3n) is 4.24. The average molecular weight is 353 g/mol. The minimum absolute atomic E-state index is 0.0294. The highest BCUT2D eigenvalue weighted by Crippen LogP contribution is 2.29. The number of hydrogen-bond acceptors (Lipinski definition) is 5. The van der Waals surface area contributed by atoms with Crippen molar-refractivity contribution in [2.45, 2.75) is 26.3 Å². The zero-order chi connectivity index (χ0) is 18.3. The molecule has 0 fully saturated rings. The molecule has 0 aliphatic rings. The Labute approximate surface area is 149 Å². The topological polar surface area (TPSA) is 101 Å². The summed E-state index contributed by atoms with van der Waals surface area (Å²) in [4.78, 5) is 4.53. The van der Waals surface area contributed by atoms with Gasteiger partial charge < -0.3 is 14.9 Å². The minimum atomic E-state index is -0.0706. The smallest absolute Gasteiger partial charge is 0.242 e. The number of fused-ring (bicyclic) bond motifs is 1. The van der Waals surface area contributed by atoms with Crippen molar-refractivity contribution in [2.75, 3.05) is 0 Å². The molecule has 134 valence electrons. The van der Waals surface area contributed by atoms with Gasteiger partial charge in [-0.2, -0.15) is 4.63 Å². The SMILES string of the molecule is Cc1cc(O)n(CC(C)c2nc3cc(Oc4ccccc4)nn3[nH]2)c1O. The van der Waals surface area contributed by atoms with Crippen LogP contribution in [0.3, 0.4) is 0 Å². The van der Waals surface area contributed by atoms with E-state index >= 15 is 0 Å². The Morgan fingerprint density at radius 3 is 2.62 bits per heavy atom. The third kappa shape index (κ3) is 2.85. The fourth-order valence-corrected chi connectivity index (χ4v) is 2.85. The first-order chi connectivity index (χ1) is 12.5. The Morgan fingerprint density at radius 1 is 1.19 bits per heavy atom. The number of ether oxygens (including phenoxy) is 1. The second-order valence-corrected chi connectivity index (χ2v) is 6.30. The number of hydrogen-bond donors (Lipinski definition) is 3. The molecule has 4 rings (SSSR count). The van der Waals surface area contributed by atoms with E-state index < -0.39 is 0 Å². The Hall–Kier alpha value is -3.42. The van der Waals surface area contributed by atoms with Gasteiger partial charge in [0.2, 0.25) is 5.88 Å². The largest absolute Gasteiger partial charge is 0.494 e. The van der Waals surface area contributed by atoms with Gasteiger partial charge in [0.25, 0.3) is 0 Å². The van der Waals surface area contributed by atoms with Gasteiger partial charge in [-0.15, -0.1) is 5.10 Å². The van der Waals surface area contributed by atoms with Crippen molar-refractivity contribution >= 4 is 5.65 Å². The average Bonchev–Trinajstić information content (AvgIpc) is 3.24. The summed E-state index contributed by atoms with van der Waals surface area (Å²) < 4.78 is 8.69. The second kappa shape index (κ2) is 6.14. The lowest BCUT2D eigenvalue weighted by molar-refractivity contribution is 0.355. The lowest BCUT2D eigenvalue weighted by Crippen LogP contribution is -2.07. The highest BCUT2D eigenvalue weighted by Gasteiger charge is 2.18. The molecule has 4 aromatic rings. The minimum Gasteiger partial charge on any atom is -0.494 e. The zero-order valence-electron chi connectivity index (χ0n) is 14.4. The van der Waals surface area contributed by atoms with Crippen LogP contribution in [-0.2, 0) is 6.54 Å². The first-order valence-corrected chi connectivity index (χ1v) is 8.28. The predicted octanol–water partition coefficient (Wildman–Crippen LogP) is 3.17. The first kappa shape index (κ1) is 16.1. The summed E-state index contributed by atoms with van der Waals surface area (Å²) in [6.07, 6.45) is 0. The number of aromatic amines is 1. The Balaban J connectivity index is 1.53. The van der Waals surface area contributed by atoms with Crippen LogP contribution < -0.4 is 4.74 Å². The van der Waals surface area contributed by atoms with E-state index in [-0.39, 0.29) is 17.7 Å². The molecule has 8 nitrogen and oxygen atoms in total. The number of aromatic hydroxyl groups is 2. The van der Waals surface area contributed by atoms with Crippen LogP contribution in [0, 0.1) is 6.92 Å². The molecule has 0 aliphatic heterocycles. The molecule has 0 bridgehead atoms. The monoisotopic (exact) mass is 353 g/mol. The van der Waals surface area contributed by atoms with E-state index in [1.165, 1.54) is 10.6 Å². The molecule has 3 heterocycles. The predicted molar refractivity (Wildman–Crippen MR) is 94.8 cm³/mol. The Bertz CT molecular complexity index is 1020. The molecule has 0 aliphatic carbocycles. The zero-order valence-corrected chi connectivity index (χ0v) is 14.4. The number of H-pyrrole nitrogens is 1. The summed E-state index contributed by atoms with van der Waals surface area (Å²) in [5.41, 5.74) is 1.27. The van der Waals surface area contributed by atoms with Crippen molar-refractivity contribution in [2.24, 2.45) is 0 Å². The molecule has 8 heteroatoms. The highest BCUT2D eigenvalue weighted by atomic mass is 16.5. The summed E-state index contributed by atoms with van der Waals surface area (Å²) in [6.45, 7) is 4.08. The van der Waals surface area contributed by atoms with Crippen LogP contribution in [0.1, 0.15) is 24.2 Å². The fourth-order valence-electron chi connectivity index (χ4n) is 2.85. The molecule has 1 aromatic carbocycles. The van der Waals surface area contributed by atoms with Gasteiger partial charge >= 0.3 is 0 Å². The van der Waals surface area contributed by atoms with Gasteiger partial charge in [-0.1, -0.05) is 25.1 Å². The van der Waals surface area contributed by atoms with Crippen molar-refractivity contribution in [3.05, 3.63) is 53.9 Å². The number of aromatic nitrogens is 5. The summed E-state index contributed by atoms with van der Waals surface area (Å²) in [6, 6.07) is 12.7. The number of benzene rings is 1. The van der Waals surface area contributed by atoms with Crippen LogP contribution in [-0.4, -0.2) is 34.6 Å². The molecule has 3 N–H and O–H groups in total. The van der Waals surface area contributed by atoms with Gasteiger partial charge in [0.1, 0.15) is 11.6 Å². The number of aryl methyl sites for hydroxylation is 1. The van der Waals surface area contributed by atoms with Crippen LogP contribution in [0.5, 0.6) is 23.4 Å². The Morgan fingerprint density at radius 2 is 1.96 bits per heavy atom. The highest BCUT2D eigenvalue weighted by molar-refractivity contribution is 5.42. The maximum absolute atomic E-state index is 10.0. The molecule has 1 atom stereocenters. The number of rotatable bonds is 5. The van der Waals surface area contributed by atoms with Gasteiger partial charge in [0.15, 0.2) is 17.4 Å². The Kier molecular flexibility index (Phi) is 3.80. The maximum Gasteiger partial charge on any atom is 0.242 e.